The van der Waals surface area contributed by atoms with Gasteiger partial charge in [-0.25, -0.2) is 0 Å². The Kier molecular flexibility index (Phi) is 4.40. The molecule has 2 aliphatic rings. The van der Waals surface area contributed by atoms with Crippen molar-refractivity contribution in [2.24, 2.45) is 5.92 Å². The van der Waals surface area contributed by atoms with Crippen LogP contribution in [0.2, 0.25) is 5.02 Å². The average molecular weight is 376 g/mol. The van der Waals surface area contributed by atoms with Crippen molar-refractivity contribution in [1.29, 1.82) is 0 Å². The van der Waals surface area contributed by atoms with Gasteiger partial charge in [-0.1, -0.05) is 17.7 Å². The largest absolute Gasteiger partial charge is 0.495 e. The number of thiophene rings is 1. The molecule has 4 rings (SSSR count). The third-order valence-corrected chi connectivity index (χ3v) is 6.71. The second-order valence-electron chi connectivity index (χ2n) is 6.95. The first kappa shape index (κ1) is 17.1. The number of benzene rings is 1. The van der Waals surface area contributed by atoms with Gasteiger partial charge in [-0.05, 0) is 79.7 Å². The lowest BCUT2D eigenvalue weighted by molar-refractivity contribution is -0.0108. The van der Waals surface area contributed by atoms with E-state index in [1.165, 1.54) is 0 Å². The minimum absolute atomic E-state index is 0.152. The second kappa shape index (κ2) is 6.44. The van der Waals surface area contributed by atoms with Gasteiger partial charge in [-0.2, -0.15) is 0 Å². The summed E-state index contributed by atoms with van der Waals surface area (Å²) < 4.78 is 5.66. The predicted octanol–water partition coefficient (Wildman–Crippen LogP) is 4.44. The van der Waals surface area contributed by atoms with Crippen molar-refractivity contribution < 1.29 is 9.84 Å². The van der Waals surface area contributed by atoms with E-state index in [1.807, 2.05) is 35.7 Å². The summed E-state index contributed by atoms with van der Waals surface area (Å²) in [6.45, 7) is 1.99. The van der Waals surface area contributed by atoms with Crippen LogP contribution >= 0.6 is 22.9 Å². The van der Waals surface area contributed by atoms with Gasteiger partial charge in [-0.15, -0.1) is 11.3 Å². The first-order valence-corrected chi connectivity index (χ1v) is 9.84. The quantitative estimate of drug-likeness (QED) is 0.842. The number of nitrogens with zero attached hydrogens (tertiary/aromatic N) is 1. The molecular formula is C20H22ClNO2S. The minimum atomic E-state index is -1.05. The molecule has 1 aliphatic heterocycles. The zero-order valence-corrected chi connectivity index (χ0v) is 16.0. The van der Waals surface area contributed by atoms with E-state index in [4.69, 9.17) is 16.3 Å². The Bertz CT molecular complexity index is 823. The summed E-state index contributed by atoms with van der Waals surface area (Å²) in [5, 5.41) is 14.8. The predicted molar refractivity (Wildman–Crippen MR) is 104 cm³/mol. The number of rotatable bonds is 2. The molecule has 2 heterocycles. The zero-order valence-electron chi connectivity index (χ0n) is 14.5. The first-order valence-electron chi connectivity index (χ1n) is 8.59. The van der Waals surface area contributed by atoms with Crippen molar-refractivity contribution in [1.82, 2.24) is 4.90 Å². The van der Waals surface area contributed by atoms with Gasteiger partial charge in [-0.3, -0.25) is 0 Å². The van der Waals surface area contributed by atoms with Crippen LogP contribution in [-0.4, -0.2) is 37.3 Å². The number of halogens is 1. The molecule has 1 N–H and O–H groups in total. The average Bonchev–Trinajstić information content (AvgIpc) is 3.07. The third kappa shape index (κ3) is 2.72. The van der Waals surface area contributed by atoms with Crippen LogP contribution in [-0.2, 0) is 10.3 Å². The Morgan fingerprint density at radius 1 is 1.24 bits per heavy atom. The van der Waals surface area contributed by atoms with Crippen molar-refractivity contribution in [2.45, 2.75) is 18.4 Å². The van der Waals surface area contributed by atoms with E-state index >= 15 is 0 Å². The van der Waals surface area contributed by atoms with Crippen molar-refractivity contribution in [3.8, 4) is 0 Å². The summed E-state index contributed by atoms with van der Waals surface area (Å²) in [4.78, 5) is 3.33. The standard InChI is InChI=1S/C20H22ClNO2S/c1-22-8-5-14(6-9-22)20(23)16-7-10-25-19(16)18(24-2)11-13-3-4-15(21)12-17(13)20/h3-4,7,10-12,14,23H,5-6,8-9H2,1-2H3. The smallest absolute Gasteiger partial charge is 0.137 e. The van der Waals surface area contributed by atoms with E-state index in [2.05, 4.69) is 11.9 Å². The lowest BCUT2D eigenvalue weighted by atomic mass is 9.71. The van der Waals surface area contributed by atoms with E-state index in [9.17, 15) is 5.11 Å². The molecule has 1 atom stereocenters. The highest BCUT2D eigenvalue weighted by molar-refractivity contribution is 7.11. The SMILES string of the molecule is COC1=Cc2ccc(Cl)cc2C(O)(C2CCN(C)CC2)c2ccsc21. The zero-order chi connectivity index (χ0) is 17.6. The Hall–Kier alpha value is -1.33. The van der Waals surface area contributed by atoms with Crippen molar-refractivity contribution in [2.75, 3.05) is 27.2 Å². The van der Waals surface area contributed by atoms with E-state index in [1.54, 1.807) is 18.4 Å². The maximum absolute atomic E-state index is 12.1. The van der Waals surface area contributed by atoms with Gasteiger partial charge in [0.25, 0.3) is 0 Å². The molecule has 0 radical (unpaired) electrons. The molecule has 0 saturated carbocycles. The highest BCUT2D eigenvalue weighted by Crippen LogP contribution is 2.50. The Morgan fingerprint density at radius 2 is 2.00 bits per heavy atom. The number of hydrogen-bond acceptors (Lipinski definition) is 4. The van der Waals surface area contributed by atoms with Crippen LogP contribution in [0.3, 0.4) is 0 Å². The van der Waals surface area contributed by atoms with E-state index < -0.39 is 5.60 Å². The molecule has 0 amide bonds. The van der Waals surface area contributed by atoms with Crippen LogP contribution in [0.25, 0.3) is 11.8 Å². The fourth-order valence-electron chi connectivity index (χ4n) is 4.15. The first-order chi connectivity index (χ1) is 12.0. The number of likely N-dealkylation sites (tertiary alicyclic amines) is 1. The summed E-state index contributed by atoms with van der Waals surface area (Å²) in [6.07, 6.45) is 3.93. The molecule has 1 aromatic heterocycles. The van der Waals surface area contributed by atoms with Crippen LogP contribution in [0.4, 0.5) is 0 Å². The lowest BCUT2D eigenvalue weighted by Crippen LogP contribution is -2.43. The summed E-state index contributed by atoms with van der Waals surface area (Å²) in [6, 6.07) is 7.82. The minimum Gasteiger partial charge on any atom is -0.495 e. The molecule has 5 heteroatoms. The number of hydrogen-bond donors (Lipinski definition) is 1. The monoisotopic (exact) mass is 375 g/mol. The van der Waals surface area contributed by atoms with Crippen molar-refractivity contribution in [3.63, 3.8) is 0 Å². The van der Waals surface area contributed by atoms with Crippen LogP contribution < -0.4 is 0 Å². The van der Waals surface area contributed by atoms with E-state index in [0.717, 1.165) is 53.3 Å². The molecule has 0 spiro atoms. The summed E-state index contributed by atoms with van der Waals surface area (Å²) in [5.41, 5.74) is 1.77. The fourth-order valence-corrected chi connectivity index (χ4v) is 5.28. The Balaban J connectivity index is 1.95. The second-order valence-corrected chi connectivity index (χ2v) is 8.30. The molecule has 1 aliphatic carbocycles. The van der Waals surface area contributed by atoms with Gasteiger partial charge in [0.2, 0.25) is 0 Å². The van der Waals surface area contributed by atoms with Crippen LogP contribution in [0.5, 0.6) is 0 Å². The molecule has 3 nitrogen and oxygen atoms in total. The molecular weight excluding hydrogens is 354 g/mol. The van der Waals surface area contributed by atoms with E-state index in [-0.39, 0.29) is 5.92 Å². The molecule has 0 bridgehead atoms. The van der Waals surface area contributed by atoms with Crippen molar-refractivity contribution in [3.05, 3.63) is 56.2 Å². The fraction of sp³-hybridized carbons (Fsp3) is 0.400. The number of piperidine rings is 1. The molecule has 25 heavy (non-hydrogen) atoms. The van der Waals surface area contributed by atoms with Crippen LogP contribution in [0.15, 0.2) is 29.6 Å². The van der Waals surface area contributed by atoms with Crippen LogP contribution in [0.1, 0.15) is 34.4 Å². The third-order valence-electron chi connectivity index (χ3n) is 5.54. The highest BCUT2D eigenvalue weighted by Gasteiger charge is 2.45. The van der Waals surface area contributed by atoms with Gasteiger partial charge < -0.3 is 14.7 Å². The van der Waals surface area contributed by atoms with Gasteiger partial charge in [0.05, 0.1) is 12.0 Å². The lowest BCUT2D eigenvalue weighted by Gasteiger charge is -2.41. The maximum atomic E-state index is 12.1. The number of fused-ring (bicyclic) bond motifs is 2. The maximum Gasteiger partial charge on any atom is 0.137 e. The molecule has 1 unspecified atom stereocenters. The molecule has 1 fully saturated rings. The number of ether oxygens (including phenoxy) is 1. The summed E-state index contributed by atoms with van der Waals surface area (Å²) >= 11 is 7.94. The van der Waals surface area contributed by atoms with E-state index in [0.29, 0.717) is 5.02 Å². The van der Waals surface area contributed by atoms with Gasteiger partial charge in [0.15, 0.2) is 0 Å². The van der Waals surface area contributed by atoms with Crippen molar-refractivity contribution >= 4 is 34.8 Å². The van der Waals surface area contributed by atoms with Crippen LogP contribution in [0, 0.1) is 5.92 Å². The highest BCUT2D eigenvalue weighted by atomic mass is 35.5. The topological polar surface area (TPSA) is 32.7 Å². The molecule has 132 valence electrons. The number of aliphatic hydroxyl groups is 1. The molecule has 2 aromatic rings. The Labute approximate surface area is 157 Å². The van der Waals surface area contributed by atoms with Gasteiger partial charge >= 0.3 is 0 Å². The summed E-state index contributed by atoms with van der Waals surface area (Å²) in [5.74, 6) is 0.955. The van der Waals surface area contributed by atoms with Gasteiger partial charge in [0, 0.05) is 10.6 Å². The number of methoxy groups -OCH3 is 1. The molecule has 1 saturated heterocycles. The summed E-state index contributed by atoms with van der Waals surface area (Å²) in [7, 11) is 3.82. The molecule has 1 aromatic carbocycles. The van der Waals surface area contributed by atoms with Gasteiger partial charge in [0.1, 0.15) is 11.4 Å². The Morgan fingerprint density at radius 3 is 2.72 bits per heavy atom. The normalized spacial score (nSPS) is 24.2.